The monoisotopic (exact) mass is 219 g/mol. The van der Waals surface area contributed by atoms with E-state index in [1.807, 2.05) is 0 Å². The number of thioether (sulfide) groups is 1. The molecule has 82 valence electrons. The highest BCUT2D eigenvalue weighted by molar-refractivity contribution is 7.99. The second-order valence-corrected chi connectivity index (χ2v) is 4.63. The van der Waals surface area contributed by atoms with Gasteiger partial charge in [-0.05, 0) is 30.9 Å². The van der Waals surface area contributed by atoms with E-state index in [2.05, 4.69) is 0 Å². The summed E-state index contributed by atoms with van der Waals surface area (Å²) in [5.41, 5.74) is 5.34. The van der Waals surface area contributed by atoms with Crippen LogP contribution in [0, 0.1) is 5.92 Å². The van der Waals surface area contributed by atoms with Gasteiger partial charge in [0, 0.05) is 0 Å². The molecule has 0 heterocycles. The molecule has 1 aliphatic rings. The van der Waals surface area contributed by atoms with Crippen molar-refractivity contribution in [2.75, 3.05) is 18.3 Å². The Morgan fingerprint density at radius 2 is 2.36 bits per heavy atom. The lowest BCUT2D eigenvalue weighted by Gasteiger charge is -2.06. The molecule has 1 atom stereocenters. The predicted octanol–water partition coefficient (Wildman–Crippen LogP) is 0.906. The molecule has 0 aromatic carbocycles. The van der Waals surface area contributed by atoms with Crippen molar-refractivity contribution in [2.45, 2.75) is 25.3 Å². The Kier molecular flexibility index (Phi) is 5.29. The summed E-state index contributed by atoms with van der Waals surface area (Å²) >= 11 is 1.60. The number of aliphatic carboxylic acids is 1. The number of nitrogens with two attached hydrogens (primary N) is 1. The van der Waals surface area contributed by atoms with E-state index in [1.165, 1.54) is 12.8 Å². The van der Waals surface area contributed by atoms with Gasteiger partial charge in [-0.3, -0.25) is 4.79 Å². The van der Waals surface area contributed by atoms with Gasteiger partial charge in [0.15, 0.2) is 0 Å². The van der Waals surface area contributed by atoms with Gasteiger partial charge >= 0.3 is 5.97 Å². The summed E-state index contributed by atoms with van der Waals surface area (Å²) < 4.78 is 5.37. The molecule has 0 aromatic heterocycles. The number of rotatable bonds is 8. The predicted molar refractivity (Wildman–Crippen MR) is 56.2 cm³/mol. The van der Waals surface area contributed by atoms with Gasteiger partial charge in [-0.25, -0.2) is 0 Å². The topological polar surface area (TPSA) is 72.5 Å². The fraction of sp³-hybridized carbons (Fsp3) is 0.889. The first kappa shape index (κ1) is 11.8. The molecule has 14 heavy (non-hydrogen) atoms. The van der Waals surface area contributed by atoms with Crippen LogP contribution in [0.2, 0.25) is 0 Å². The van der Waals surface area contributed by atoms with Gasteiger partial charge < -0.3 is 15.6 Å². The summed E-state index contributed by atoms with van der Waals surface area (Å²) in [5, 5.41) is 8.50. The Balaban J connectivity index is 1.80. The van der Waals surface area contributed by atoms with Crippen molar-refractivity contribution in [1.82, 2.24) is 0 Å². The summed E-state index contributed by atoms with van der Waals surface area (Å²) in [4.78, 5) is 10.4. The van der Waals surface area contributed by atoms with Gasteiger partial charge in [-0.1, -0.05) is 0 Å². The van der Waals surface area contributed by atoms with Crippen LogP contribution in [-0.2, 0) is 9.53 Å². The summed E-state index contributed by atoms with van der Waals surface area (Å²) in [6.45, 7) is 0.859. The summed E-state index contributed by atoms with van der Waals surface area (Å²) in [6.07, 6.45) is 3.11. The van der Waals surface area contributed by atoms with E-state index in [1.54, 1.807) is 11.8 Å². The third kappa shape index (κ3) is 5.47. The molecule has 4 nitrogen and oxygen atoms in total. The minimum absolute atomic E-state index is 0.507. The minimum atomic E-state index is -0.926. The normalized spacial score (nSPS) is 18.1. The minimum Gasteiger partial charge on any atom is -0.480 e. The molecular weight excluding hydrogens is 202 g/mol. The fourth-order valence-corrected chi connectivity index (χ4v) is 1.70. The van der Waals surface area contributed by atoms with E-state index in [-0.39, 0.29) is 0 Å². The maximum atomic E-state index is 10.4. The molecule has 1 rings (SSSR count). The quantitative estimate of drug-likeness (QED) is 0.469. The third-order valence-electron chi connectivity index (χ3n) is 2.11. The summed E-state index contributed by atoms with van der Waals surface area (Å²) in [5.74, 6) is 1.27. The average Bonchev–Trinajstić information content (AvgIpc) is 2.94. The fourth-order valence-electron chi connectivity index (χ4n) is 0.951. The second-order valence-electron chi connectivity index (χ2n) is 3.57. The van der Waals surface area contributed by atoms with Crippen LogP contribution in [0.15, 0.2) is 0 Å². The lowest BCUT2D eigenvalue weighted by Crippen LogP contribution is -2.30. The zero-order chi connectivity index (χ0) is 10.4. The highest BCUT2D eigenvalue weighted by Gasteiger charge is 2.20. The number of hydrogen-bond donors (Lipinski definition) is 2. The standard InChI is InChI=1S/C9H17NO3S/c10-8(9(11)12)3-4-14-6-13-5-7-1-2-7/h7-8H,1-6,10H2,(H,11,12). The number of hydrogen-bond acceptors (Lipinski definition) is 4. The zero-order valence-electron chi connectivity index (χ0n) is 8.15. The third-order valence-corrected chi connectivity index (χ3v) is 2.97. The second kappa shape index (κ2) is 6.27. The first-order valence-electron chi connectivity index (χ1n) is 4.84. The molecule has 0 aromatic rings. The van der Waals surface area contributed by atoms with Crippen LogP contribution < -0.4 is 5.73 Å². The number of carboxylic acid groups (broad SMARTS) is 1. The van der Waals surface area contributed by atoms with Crippen molar-refractivity contribution in [3.05, 3.63) is 0 Å². The zero-order valence-corrected chi connectivity index (χ0v) is 8.96. The van der Waals surface area contributed by atoms with Crippen molar-refractivity contribution in [2.24, 2.45) is 11.7 Å². The lowest BCUT2D eigenvalue weighted by atomic mass is 10.2. The van der Waals surface area contributed by atoms with Gasteiger partial charge in [0.05, 0.1) is 12.5 Å². The summed E-state index contributed by atoms with van der Waals surface area (Å²) in [7, 11) is 0. The van der Waals surface area contributed by atoms with Crippen LogP contribution in [0.5, 0.6) is 0 Å². The maximum Gasteiger partial charge on any atom is 0.320 e. The van der Waals surface area contributed by atoms with Crippen molar-refractivity contribution in [1.29, 1.82) is 0 Å². The molecule has 3 N–H and O–H groups in total. The largest absolute Gasteiger partial charge is 0.480 e. The Morgan fingerprint density at radius 3 is 2.93 bits per heavy atom. The molecular formula is C9H17NO3S. The Bertz CT molecular complexity index is 185. The van der Waals surface area contributed by atoms with E-state index < -0.39 is 12.0 Å². The number of carboxylic acids is 1. The Labute approximate surface area is 88.2 Å². The molecule has 1 fully saturated rings. The molecule has 0 saturated heterocycles. The first-order valence-corrected chi connectivity index (χ1v) is 5.99. The van der Waals surface area contributed by atoms with Gasteiger partial charge in [-0.15, -0.1) is 11.8 Å². The summed E-state index contributed by atoms with van der Waals surface area (Å²) in [6, 6.07) is -0.731. The van der Waals surface area contributed by atoms with Crippen molar-refractivity contribution >= 4 is 17.7 Å². The van der Waals surface area contributed by atoms with Crippen LogP contribution in [0.1, 0.15) is 19.3 Å². The lowest BCUT2D eigenvalue weighted by molar-refractivity contribution is -0.138. The van der Waals surface area contributed by atoms with Crippen molar-refractivity contribution in [3.8, 4) is 0 Å². The highest BCUT2D eigenvalue weighted by atomic mass is 32.2. The van der Waals surface area contributed by atoms with E-state index in [9.17, 15) is 4.79 Å². The molecule has 0 radical (unpaired) electrons. The SMILES string of the molecule is NC(CCSCOCC1CC1)C(=O)O. The number of carbonyl (C=O) groups is 1. The van der Waals surface area contributed by atoms with Crippen LogP contribution in [0.25, 0.3) is 0 Å². The Morgan fingerprint density at radius 1 is 1.64 bits per heavy atom. The molecule has 5 heteroatoms. The van der Waals surface area contributed by atoms with Gasteiger partial charge in [0.2, 0.25) is 0 Å². The van der Waals surface area contributed by atoms with E-state index >= 15 is 0 Å². The van der Waals surface area contributed by atoms with Gasteiger partial charge in [0.1, 0.15) is 6.04 Å². The smallest absolute Gasteiger partial charge is 0.320 e. The molecule has 1 aliphatic carbocycles. The molecule has 0 amide bonds. The molecule has 1 unspecified atom stereocenters. The van der Waals surface area contributed by atoms with Crippen LogP contribution in [0.4, 0.5) is 0 Å². The van der Waals surface area contributed by atoms with Gasteiger partial charge in [-0.2, -0.15) is 0 Å². The molecule has 0 aliphatic heterocycles. The molecule has 0 spiro atoms. The van der Waals surface area contributed by atoms with Crippen molar-refractivity contribution in [3.63, 3.8) is 0 Å². The maximum absolute atomic E-state index is 10.4. The van der Waals surface area contributed by atoms with Crippen molar-refractivity contribution < 1.29 is 14.6 Å². The van der Waals surface area contributed by atoms with Crippen LogP contribution >= 0.6 is 11.8 Å². The molecule has 0 bridgehead atoms. The van der Waals surface area contributed by atoms with Gasteiger partial charge in [0.25, 0.3) is 0 Å². The molecule has 1 saturated carbocycles. The van der Waals surface area contributed by atoms with Crippen LogP contribution in [0.3, 0.4) is 0 Å². The number of ether oxygens (including phenoxy) is 1. The van der Waals surface area contributed by atoms with Crippen LogP contribution in [-0.4, -0.2) is 35.4 Å². The van der Waals surface area contributed by atoms with E-state index in [4.69, 9.17) is 15.6 Å². The van der Waals surface area contributed by atoms with E-state index in [0.717, 1.165) is 18.3 Å². The first-order chi connectivity index (χ1) is 6.70. The average molecular weight is 219 g/mol. The Hall–Kier alpha value is -0.260. The highest BCUT2D eigenvalue weighted by Crippen LogP contribution is 2.29. The van der Waals surface area contributed by atoms with E-state index in [0.29, 0.717) is 12.4 Å².